The van der Waals surface area contributed by atoms with E-state index in [2.05, 4.69) is 5.32 Å². The van der Waals surface area contributed by atoms with E-state index in [1.807, 2.05) is 51.9 Å². The summed E-state index contributed by atoms with van der Waals surface area (Å²) in [4.78, 5) is 28.9. The van der Waals surface area contributed by atoms with Gasteiger partial charge in [-0.3, -0.25) is 14.5 Å². The lowest BCUT2D eigenvalue weighted by atomic mass is 9.94. The number of furan rings is 1. The smallest absolute Gasteiger partial charge is 0.242 e. The van der Waals surface area contributed by atoms with Crippen LogP contribution in [0.25, 0.3) is 0 Å². The van der Waals surface area contributed by atoms with Crippen LogP contribution in [-0.2, 0) is 9.59 Å². The highest BCUT2D eigenvalue weighted by atomic mass is 16.3. The van der Waals surface area contributed by atoms with Gasteiger partial charge in [-0.25, -0.2) is 0 Å². The molecule has 6 nitrogen and oxygen atoms in total. The molecule has 1 aliphatic rings. The van der Waals surface area contributed by atoms with Crippen molar-refractivity contribution >= 4 is 11.8 Å². The van der Waals surface area contributed by atoms with E-state index in [1.165, 1.54) is 0 Å². The molecule has 0 saturated carbocycles. The number of nitrogens with zero attached hydrogens (tertiary/aromatic N) is 2. The van der Waals surface area contributed by atoms with Crippen molar-refractivity contribution in [1.29, 1.82) is 0 Å². The normalized spacial score (nSPS) is 19.6. The van der Waals surface area contributed by atoms with Crippen molar-refractivity contribution in [2.24, 2.45) is 5.41 Å². The molecule has 1 N–H and O–H groups in total. The fourth-order valence-electron chi connectivity index (χ4n) is 3.05. The molecule has 2 amide bonds. The Morgan fingerprint density at radius 3 is 2.67 bits per heavy atom. The van der Waals surface area contributed by atoms with Gasteiger partial charge in [0.2, 0.25) is 11.8 Å². The summed E-state index contributed by atoms with van der Waals surface area (Å²) in [5.74, 6) is 0.771. The molecule has 2 atom stereocenters. The zero-order chi connectivity index (χ0) is 17.9. The lowest BCUT2D eigenvalue weighted by Gasteiger charge is -2.31. The summed E-state index contributed by atoms with van der Waals surface area (Å²) in [6.45, 7) is 6.78. The summed E-state index contributed by atoms with van der Waals surface area (Å²) in [6, 6.07) is 3.35. The number of likely N-dealkylation sites (N-methyl/N-ethyl adjacent to an activating group) is 1. The largest absolute Gasteiger partial charge is 0.468 e. The molecule has 1 aromatic heterocycles. The van der Waals surface area contributed by atoms with Crippen LogP contribution in [0.5, 0.6) is 0 Å². The minimum atomic E-state index is -0.469. The van der Waals surface area contributed by atoms with E-state index < -0.39 is 5.41 Å². The van der Waals surface area contributed by atoms with Crippen LogP contribution in [0.2, 0.25) is 0 Å². The van der Waals surface area contributed by atoms with Crippen molar-refractivity contribution in [3.05, 3.63) is 24.2 Å². The van der Waals surface area contributed by atoms with Gasteiger partial charge in [0, 0.05) is 18.5 Å². The molecule has 0 spiro atoms. The van der Waals surface area contributed by atoms with E-state index in [1.54, 1.807) is 11.2 Å². The zero-order valence-electron chi connectivity index (χ0n) is 15.3. The average Bonchev–Trinajstić information content (AvgIpc) is 3.16. The third-order valence-electron chi connectivity index (χ3n) is 4.42. The second kappa shape index (κ2) is 7.38. The van der Waals surface area contributed by atoms with E-state index in [-0.39, 0.29) is 23.9 Å². The van der Waals surface area contributed by atoms with Gasteiger partial charge in [-0.2, -0.15) is 0 Å². The maximum atomic E-state index is 12.6. The van der Waals surface area contributed by atoms with Gasteiger partial charge in [-0.1, -0.05) is 20.8 Å². The molecule has 134 valence electrons. The molecule has 2 rings (SSSR count). The fourth-order valence-corrected chi connectivity index (χ4v) is 3.05. The Bertz CT molecular complexity index is 561. The van der Waals surface area contributed by atoms with Crippen molar-refractivity contribution < 1.29 is 14.0 Å². The predicted molar refractivity (Wildman–Crippen MR) is 92.3 cm³/mol. The van der Waals surface area contributed by atoms with Crippen LogP contribution in [0.3, 0.4) is 0 Å². The minimum absolute atomic E-state index is 0.0304. The van der Waals surface area contributed by atoms with Crippen LogP contribution in [-0.4, -0.2) is 54.8 Å². The van der Waals surface area contributed by atoms with Gasteiger partial charge in [-0.15, -0.1) is 0 Å². The lowest BCUT2D eigenvalue weighted by molar-refractivity contribution is -0.144. The maximum Gasteiger partial charge on any atom is 0.242 e. The number of carbonyl (C=O) groups is 2. The highest BCUT2D eigenvalue weighted by molar-refractivity contribution is 5.90. The van der Waals surface area contributed by atoms with E-state index in [0.29, 0.717) is 13.1 Å². The second-order valence-corrected chi connectivity index (χ2v) is 7.65. The molecule has 1 aliphatic heterocycles. The molecule has 0 aromatic carbocycles. The summed E-state index contributed by atoms with van der Waals surface area (Å²) in [5, 5.41) is 3.00. The summed E-state index contributed by atoms with van der Waals surface area (Å²) in [5.41, 5.74) is -0.469. The highest BCUT2D eigenvalue weighted by Gasteiger charge is 2.38. The fraction of sp³-hybridized carbons (Fsp3) is 0.667. The van der Waals surface area contributed by atoms with Crippen molar-refractivity contribution in [2.45, 2.75) is 45.7 Å². The topological polar surface area (TPSA) is 65.8 Å². The molecule has 0 aliphatic carbocycles. The van der Waals surface area contributed by atoms with Crippen LogP contribution in [0.15, 0.2) is 22.8 Å². The number of amides is 2. The molecule has 24 heavy (non-hydrogen) atoms. The van der Waals surface area contributed by atoms with Crippen molar-refractivity contribution in [2.75, 3.05) is 27.2 Å². The third-order valence-corrected chi connectivity index (χ3v) is 4.42. The SMILES string of the molecule is CN(C)[C@@H](CNC(=O)[C@@H]1CCCN1C(=O)C(C)(C)C)c1ccco1. The first-order valence-electron chi connectivity index (χ1n) is 8.50. The number of hydrogen-bond donors (Lipinski definition) is 1. The predicted octanol–water partition coefficient (Wildman–Crippen LogP) is 2.04. The second-order valence-electron chi connectivity index (χ2n) is 7.65. The molecule has 0 unspecified atom stereocenters. The third kappa shape index (κ3) is 4.17. The number of rotatable bonds is 5. The standard InChI is InChI=1S/C18H29N3O3/c1-18(2,3)17(23)21-10-6-8-13(21)16(22)19-12-14(20(4)5)15-9-7-11-24-15/h7,9,11,13-14H,6,8,10,12H2,1-5H3,(H,19,22)/t13-,14-/m0/s1. The Kier molecular flexibility index (Phi) is 5.70. The van der Waals surface area contributed by atoms with Crippen LogP contribution >= 0.6 is 0 Å². The molecule has 1 fully saturated rings. The van der Waals surface area contributed by atoms with Crippen LogP contribution in [0.1, 0.15) is 45.4 Å². The monoisotopic (exact) mass is 335 g/mol. The van der Waals surface area contributed by atoms with Gasteiger partial charge >= 0.3 is 0 Å². The van der Waals surface area contributed by atoms with Gasteiger partial charge in [-0.05, 0) is 39.1 Å². The Balaban J connectivity index is 1.99. The number of carbonyl (C=O) groups excluding carboxylic acids is 2. The van der Waals surface area contributed by atoms with Crippen LogP contribution in [0.4, 0.5) is 0 Å². The molecule has 2 heterocycles. The zero-order valence-corrected chi connectivity index (χ0v) is 15.3. The highest BCUT2D eigenvalue weighted by Crippen LogP contribution is 2.26. The first-order valence-corrected chi connectivity index (χ1v) is 8.50. The van der Waals surface area contributed by atoms with Crippen LogP contribution in [0, 0.1) is 5.41 Å². The number of likely N-dealkylation sites (tertiary alicyclic amines) is 1. The van der Waals surface area contributed by atoms with Gasteiger partial charge < -0.3 is 14.6 Å². The number of nitrogens with one attached hydrogen (secondary N) is 1. The molecular formula is C18H29N3O3. The Labute approximate surface area is 144 Å². The summed E-state index contributed by atoms with van der Waals surface area (Å²) in [7, 11) is 3.90. The average molecular weight is 335 g/mol. The molecule has 6 heteroatoms. The van der Waals surface area contributed by atoms with Crippen molar-refractivity contribution in [3.63, 3.8) is 0 Å². The van der Waals surface area contributed by atoms with Gasteiger partial charge in [0.05, 0.1) is 12.3 Å². The number of hydrogen-bond acceptors (Lipinski definition) is 4. The van der Waals surface area contributed by atoms with Gasteiger partial charge in [0.25, 0.3) is 0 Å². The molecule has 1 saturated heterocycles. The van der Waals surface area contributed by atoms with Gasteiger partial charge in [0.1, 0.15) is 11.8 Å². The molecule has 0 radical (unpaired) electrons. The molecular weight excluding hydrogens is 306 g/mol. The molecule has 1 aromatic rings. The van der Waals surface area contributed by atoms with Crippen molar-refractivity contribution in [1.82, 2.24) is 15.1 Å². The van der Waals surface area contributed by atoms with Crippen molar-refractivity contribution in [3.8, 4) is 0 Å². The molecule has 0 bridgehead atoms. The first-order chi connectivity index (χ1) is 11.2. The lowest BCUT2D eigenvalue weighted by Crippen LogP contribution is -2.50. The summed E-state index contributed by atoms with van der Waals surface area (Å²) in [6.07, 6.45) is 3.23. The quantitative estimate of drug-likeness (QED) is 0.894. The van der Waals surface area contributed by atoms with E-state index in [9.17, 15) is 9.59 Å². The van der Waals surface area contributed by atoms with Gasteiger partial charge in [0.15, 0.2) is 0 Å². The first kappa shape index (κ1) is 18.5. The minimum Gasteiger partial charge on any atom is -0.468 e. The Morgan fingerprint density at radius 1 is 1.42 bits per heavy atom. The van der Waals surface area contributed by atoms with E-state index in [0.717, 1.165) is 18.6 Å². The van der Waals surface area contributed by atoms with E-state index in [4.69, 9.17) is 4.42 Å². The Hall–Kier alpha value is -1.82. The summed E-state index contributed by atoms with van der Waals surface area (Å²) < 4.78 is 5.46. The van der Waals surface area contributed by atoms with Crippen LogP contribution < -0.4 is 5.32 Å². The maximum absolute atomic E-state index is 12.6. The Morgan fingerprint density at radius 2 is 2.12 bits per heavy atom. The van der Waals surface area contributed by atoms with E-state index >= 15 is 0 Å². The summed E-state index contributed by atoms with van der Waals surface area (Å²) >= 11 is 0.